The second kappa shape index (κ2) is 8.04. The number of hydrogen-bond acceptors (Lipinski definition) is 4. The maximum atomic E-state index is 11.2. The number of rotatable bonds is 5. The number of pyridine rings is 1. The molecule has 0 N–H and O–H groups in total. The van der Waals surface area contributed by atoms with Crippen molar-refractivity contribution in [2.45, 2.75) is 38.3 Å². The molecule has 5 nitrogen and oxygen atoms in total. The number of ether oxygens (including phenoxy) is 1. The van der Waals surface area contributed by atoms with Crippen molar-refractivity contribution in [3.05, 3.63) is 81.3 Å². The lowest BCUT2D eigenvalue weighted by molar-refractivity contribution is 0.178. The van der Waals surface area contributed by atoms with Crippen molar-refractivity contribution in [2.75, 3.05) is 7.11 Å². The van der Waals surface area contributed by atoms with E-state index in [4.69, 9.17) is 9.72 Å². The highest BCUT2D eigenvalue weighted by molar-refractivity contribution is 9.10. The number of methoxy groups -OCH3 is 1. The molecule has 2 heterocycles. The van der Waals surface area contributed by atoms with Gasteiger partial charge in [0.2, 0.25) is 0 Å². The summed E-state index contributed by atoms with van der Waals surface area (Å²) in [6.45, 7) is 2.81. The van der Waals surface area contributed by atoms with Gasteiger partial charge in [0.15, 0.2) is 5.65 Å². The van der Waals surface area contributed by atoms with Gasteiger partial charge in [-0.2, -0.15) is 0 Å². The van der Waals surface area contributed by atoms with E-state index < -0.39 is 6.10 Å². The average Bonchev–Trinajstić information content (AvgIpc) is 3.58. The number of nitrogens with zero attached hydrogens (tertiary/aromatic N) is 3. The van der Waals surface area contributed by atoms with Gasteiger partial charge < -0.3 is 9.30 Å². The largest absolute Gasteiger partial charge is 0.371 e. The molecule has 0 radical (unpaired) electrons. The van der Waals surface area contributed by atoms with Crippen LogP contribution in [0.5, 0.6) is 0 Å². The summed E-state index contributed by atoms with van der Waals surface area (Å²) in [5, 5.41) is 0. The first-order valence-electron chi connectivity index (χ1n) is 10.4. The van der Waals surface area contributed by atoms with Crippen molar-refractivity contribution in [2.24, 2.45) is 0 Å². The monoisotopic (exact) mass is 475 g/mol. The van der Waals surface area contributed by atoms with Crippen LogP contribution in [0.1, 0.15) is 41.3 Å². The van der Waals surface area contributed by atoms with Gasteiger partial charge in [-0.15, -0.1) is 0 Å². The van der Waals surface area contributed by atoms with Crippen molar-refractivity contribution < 1.29 is 9.53 Å². The summed E-state index contributed by atoms with van der Waals surface area (Å²) in [5.74, 6) is 3.65. The Kier molecular flexibility index (Phi) is 5.22. The number of carbonyl (C=O) groups excluding carboxylic acids is 1. The average molecular weight is 476 g/mol. The maximum absolute atomic E-state index is 11.2. The molecule has 2 aliphatic rings. The summed E-state index contributed by atoms with van der Waals surface area (Å²) in [6.07, 6.45) is 9.45. The van der Waals surface area contributed by atoms with Crippen LogP contribution in [0, 0.1) is 6.92 Å². The van der Waals surface area contributed by atoms with E-state index in [0.717, 1.165) is 44.7 Å². The van der Waals surface area contributed by atoms with E-state index in [9.17, 15) is 4.79 Å². The van der Waals surface area contributed by atoms with Crippen molar-refractivity contribution in [3.63, 3.8) is 0 Å². The van der Waals surface area contributed by atoms with Crippen molar-refractivity contribution in [1.82, 2.24) is 14.5 Å². The number of aromatic nitrogens is 3. The minimum Gasteiger partial charge on any atom is -0.371 e. The first kappa shape index (κ1) is 20.1. The lowest BCUT2D eigenvalue weighted by Gasteiger charge is -2.21. The lowest BCUT2D eigenvalue weighted by Crippen LogP contribution is -2.17. The summed E-state index contributed by atoms with van der Waals surface area (Å²) in [6, 6.07) is 8.42. The van der Waals surface area contributed by atoms with Gasteiger partial charge in [-0.05, 0) is 64.0 Å². The number of imidazole rings is 1. The molecule has 0 bridgehead atoms. The fourth-order valence-electron chi connectivity index (χ4n) is 4.15. The van der Waals surface area contributed by atoms with E-state index in [1.807, 2.05) is 24.3 Å². The topological polar surface area (TPSA) is 57.0 Å². The van der Waals surface area contributed by atoms with Crippen molar-refractivity contribution in [1.29, 1.82) is 0 Å². The van der Waals surface area contributed by atoms with Crippen LogP contribution in [-0.2, 0) is 16.1 Å². The first-order chi connectivity index (χ1) is 15.1. The zero-order valence-corrected chi connectivity index (χ0v) is 19.0. The van der Waals surface area contributed by atoms with Crippen LogP contribution >= 0.6 is 15.9 Å². The molecule has 2 aromatic heterocycles. The molecule has 0 saturated heterocycles. The van der Waals surface area contributed by atoms with Crippen molar-refractivity contribution in [3.8, 4) is 0 Å². The first-order valence-corrected chi connectivity index (χ1v) is 11.2. The Bertz CT molecular complexity index is 1280. The molecule has 1 fully saturated rings. The Hall–Kier alpha value is -2.79. The Balaban J connectivity index is 1.48. The Labute approximate surface area is 189 Å². The second-order valence-electron chi connectivity index (χ2n) is 8.08. The van der Waals surface area contributed by atoms with Gasteiger partial charge >= 0.3 is 0 Å². The molecule has 1 saturated carbocycles. The molecule has 2 aliphatic carbocycles. The zero-order valence-electron chi connectivity index (χ0n) is 17.4. The maximum Gasteiger partial charge on any atom is 0.160 e. The van der Waals surface area contributed by atoms with Crippen LogP contribution in [0.2, 0.25) is 0 Å². The highest BCUT2D eigenvalue weighted by Gasteiger charge is 2.30. The number of allylic oxidation sites excluding steroid dienone is 2. The number of fused-ring (bicyclic) bond motifs is 1. The van der Waals surface area contributed by atoms with Gasteiger partial charge in [0.1, 0.15) is 23.4 Å². The molecule has 156 valence electrons. The van der Waals surface area contributed by atoms with Crippen LogP contribution in [0.3, 0.4) is 0 Å². The summed E-state index contributed by atoms with van der Waals surface area (Å²) in [7, 11) is 1.61. The van der Waals surface area contributed by atoms with Gasteiger partial charge in [0.05, 0.1) is 12.1 Å². The molecule has 31 heavy (non-hydrogen) atoms. The van der Waals surface area contributed by atoms with Crippen molar-refractivity contribution >= 4 is 38.6 Å². The summed E-state index contributed by atoms with van der Waals surface area (Å²) < 4.78 is 8.80. The van der Waals surface area contributed by atoms with Crippen LogP contribution in [0.15, 0.2) is 58.7 Å². The van der Waals surface area contributed by atoms with E-state index in [1.165, 1.54) is 18.4 Å². The summed E-state index contributed by atoms with van der Waals surface area (Å²) >= 11 is 3.58. The number of hydrogen-bond donors (Lipinski definition) is 0. The van der Waals surface area contributed by atoms with Gasteiger partial charge in [-0.3, -0.25) is 0 Å². The van der Waals surface area contributed by atoms with Crippen LogP contribution in [0.4, 0.5) is 0 Å². The number of benzene rings is 1. The second-order valence-corrected chi connectivity index (χ2v) is 8.94. The quantitative estimate of drug-likeness (QED) is 0.478. The molecule has 5 rings (SSSR count). The third-order valence-electron chi connectivity index (χ3n) is 6.02. The van der Waals surface area contributed by atoms with Gasteiger partial charge in [0.25, 0.3) is 0 Å². The molecule has 6 heteroatoms. The number of halogens is 1. The summed E-state index contributed by atoms with van der Waals surface area (Å²) in [4.78, 5) is 20.9. The van der Waals surface area contributed by atoms with E-state index in [1.54, 1.807) is 13.2 Å². The molecule has 0 aliphatic heterocycles. The molecule has 1 aromatic carbocycles. The van der Waals surface area contributed by atoms with E-state index in [-0.39, 0.29) is 0 Å². The van der Waals surface area contributed by atoms with Crippen LogP contribution in [-0.4, -0.2) is 33.7 Å². The molecule has 0 amide bonds. The van der Waals surface area contributed by atoms with Gasteiger partial charge in [-0.25, -0.2) is 14.8 Å². The highest BCUT2D eigenvalue weighted by Crippen LogP contribution is 2.41. The third-order valence-corrected chi connectivity index (χ3v) is 6.82. The molecular weight excluding hydrogens is 454 g/mol. The number of aryl methyl sites for hydroxylation is 1. The standard InChI is InChI=1S/C25H22BrN3O2/c1-15-21(26)12-27-25-22(15)28-24(18-10-11-18)29(25)13-16-6-8-17(9-7-16)20-5-3-4-19(14-30)23(20)31-2/h3-9,12,18,23H,10-11,13H2,1-2H3. The highest BCUT2D eigenvalue weighted by atomic mass is 79.9. The van der Waals surface area contributed by atoms with Gasteiger partial charge in [0, 0.05) is 23.7 Å². The van der Waals surface area contributed by atoms with Crippen LogP contribution in [0.25, 0.3) is 16.7 Å². The van der Waals surface area contributed by atoms with E-state index in [0.29, 0.717) is 11.5 Å². The SMILES string of the molecule is COC1C(=C=O)C=CC=C1c1ccc(Cn2c(C3CC3)nc3c(C)c(Br)cnc32)cc1. The smallest absolute Gasteiger partial charge is 0.160 e. The van der Waals surface area contributed by atoms with Crippen LogP contribution < -0.4 is 0 Å². The zero-order chi connectivity index (χ0) is 21.5. The normalized spacial score (nSPS) is 18.4. The Morgan fingerprint density at radius 1 is 1.26 bits per heavy atom. The fourth-order valence-corrected chi connectivity index (χ4v) is 4.44. The predicted molar refractivity (Wildman–Crippen MR) is 125 cm³/mol. The predicted octanol–water partition coefficient (Wildman–Crippen LogP) is 5.15. The van der Waals surface area contributed by atoms with E-state index in [2.05, 4.69) is 56.7 Å². The lowest BCUT2D eigenvalue weighted by atomic mass is 9.91. The molecule has 3 aromatic rings. The van der Waals surface area contributed by atoms with Gasteiger partial charge in [-0.1, -0.05) is 36.4 Å². The molecule has 1 unspecified atom stereocenters. The molecular formula is C25H22BrN3O2. The van der Waals surface area contributed by atoms with E-state index >= 15 is 0 Å². The Morgan fingerprint density at radius 3 is 2.71 bits per heavy atom. The minimum atomic E-state index is -0.391. The molecule has 1 atom stereocenters. The summed E-state index contributed by atoms with van der Waals surface area (Å²) in [5.41, 5.74) is 6.72. The Morgan fingerprint density at radius 2 is 2.03 bits per heavy atom. The minimum absolute atomic E-state index is 0.391. The third kappa shape index (κ3) is 3.61. The fraction of sp³-hybridized carbons (Fsp3) is 0.280. The molecule has 0 spiro atoms.